The highest BCUT2D eigenvalue weighted by atomic mass is 19.4. The van der Waals surface area contributed by atoms with Crippen LogP contribution in [0, 0.1) is 5.95 Å². The Bertz CT molecular complexity index is 1240. The highest BCUT2D eigenvalue weighted by Gasteiger charge is 2.33. The van der Waals surface area contributed by atoms with Crippen molar-refractivity contribution in [2.24, 2.45) is 0 Å². The van der Waals surface area contributed by atoms with Gasteiger partial charge in [-0.25, -0.2) is 9.78 Å². The molecule has 1 aromatic carbocycles. The largest absolute Gasteiger partial charge is 0.416 e. The van der Waals surface area contributed by atoms with Gasteiger partial charge in [0.1, 0.15) is 0 Å². The summed E-state index contributed by atoms with van der Waals surface area (Å²) in [6.45, 7) is 1.06. The van der Waals surface area contributed by atoms with Crippen molar-refractivity contribution in [2.75, 3.05) is 24.5 Å². The Labute approximate surface area is 184 Å². The van der Waals surface area contributed by atoms with Gasteiger partial charge in [0.25, 0.3) is 0 Å². The highest BCUT2D eigenvalue weighted by Crippen LogP contribution is 2.36. The number of nitrogens with zero attached hydrogens (tertiary/aromatic N) is 4. The van der Waals surface area contributed by atoms with E-state index in [1.54, 1.807) is 6.07 Å². The van der Waals surface area contributed by atoms with Crippen molar-refractivity contribution in [3.05, 3.63) is 59.3 Å². The Morgan fingerprint density at radius 1 is 1.12 bits per heavy atom. The van der Waals surface area contributed by atoms with Crippen LogP contribution in [0.3, 0.4) is 0 Å². The molecular weight excluding hydrogens is 444 g/mol. The van der Waals surface area contributed by atoms with Gasteiger partial charge in [0, 0.05) is 25.6 Å². The van der Waals surface area contributed by atoms with Gasteiger partial charge in [-0.1, -0.05) is 12.1 Å². The minimum Gasteiger partial charge on any atom is -0.368 e. The van der Waals surface area contributed by atoms with Gasteiger partial charge in [-0.3, -0.25) is 10.1 Å². The van der Waals surface area contributed by atoms with Crippen LogP contribution in [-0.4, -0.2) is 46.2 Å². The van der Waals surface area contributed by atoms with Gasteiger partial charge in [-0.15, -0.1) is 0 Å². The number of imide groups is 1. The van der Waals surface area contributed by atoms with Crippen molar-refractivity contribution in [2.45, 2.75) is 24.4 Å². The van der Waals surface area contributed by atoms with Crippen LogP contribution in [0.25, 0.3) is 5.65 Å². The number of fused-ring (bicyclic) bond motifs is 1. The molecule has 0 aliphatic carbocycles. The molecule has 0 spiro atoms. The van der Waals surface area contributed by atoms with E-state index in [2.05, 4.69) is 20.7 Å². The molecule has 8 nitrogen and oxygen atoms in total. The minimum absolute atomic E-state index is 0.0209. The molecule has 4 heterocycles. The summed E-state index contributed by atoms with van der Waals surface area (Å²) in [5.74, 6) is -2.07. The number of hydrogen-bond acceptors (Lipinski definition) is 5. The SMILES string of the molecule is O=C1NCC(c2cc(N3CCC(c4ccc(C(F)(F)F)cc4)C3)c3ncc(F)n3n2)C(=O)N1. The number of halogens is 4. The van der Waals surface area contributed by atoms with E-state index >= 15 is 0 Å². The van der Waals surface area contributed by atoms with E-state index < -0.39 is 35.5 Å². The van der Waals surface area contributed by atoms with Crippen LogP contribution >= 0.6 is 0 Å². The van der Waals surface area contributed by atoms with Crippen molar-refractivity contribution < 1.29 is 27.2 Å². The molecule has 2 N–H and O–H groups in total. The molecule has 2 aliphatic heterocycles. The maximum atomic E-state index is 14.4. The second kappa shape index (κ2) is 7.71. The molecular formula is C21H18F4N6O2. The van der Waals surface area contributed by atoms with Crippen molar-refractivity contribution in [1.82, 2.24) is 25.2 Å². The number of hydrogen-bond donors (Lipinski definition) is 2. The van der Waals surface area contributed by atoms with E-state index in [0.717, 1.165) is 28.4 Å². The van der Waals surface area contributed by atoms with E-state index in [1.807, 2.05) is 4.90 Å². The molecule has 172 valence electrons. The van der Waals surface area contributed by atoms with Crippen LogP contribution in [0.5, 0.6) is 0 Å². The average molecular weight is 462 g/mol. The average Bonchev–Trinajstić information content (AvgIpc) is 3.40. The lowest BCUT2D eigenvalue weighted by Crippen LogP contribution is -2.51. The van der Waals surface area contributed by atoms with Crippen LogP contribution in [0.2, 0.25) is 0 Å². The molecule has 0 radical (unpaired) electrons. The summed E-state index contributed by atoms with van der Waals surface area (Å²) in [7, 11) is 0. The van der Waals surface area contributed by atoms with Crippen LogP contribution in [-0.2, 0) is 11.0 Å². The van der Waals surface area contributed by atoms with Crippen LogP contribution < -0.4 is 15.5 Å². The van der Waals surface area contributed by atoms with Crippen LogP contribution in [0.1, 0.15) is 35.1 Å². The van der Waals surface area contributed by atoms with Crippen LogP contribution in [0.15, 0.2) is 36.5 Å². The first kappa shape index (κ1) is 21.2. The zero-order valence-corrected chi connectivity index (χ0v) is 17.1. The van der Waals surface area contributed by atoms with Gasteiger partial charge >= 0.3 is 12.2 Å². The molecule has 12 heteroatoms. The van der Waals surface area contributed by atoms with Gasteiger partial charge in [0.15, 0.2) is 5.65 Å². The number of benzene rings is 1. The summed E-state index contributed by atoms with van der Waals surface area (Å²) in [5, 5.41) is 8.91. The predicted octanol–water partition coefficient (Wildman–Crippen LogP) is 2.80. The van der Waals surface area contributed by atoms with E-state index in [4.69, 9.17) is 0 Å². The Kier molecular flexibility index (Phi) is 4.94. The zero-order chi connectivity index (χ0) is 23.3. The topological polar surface area (TPSA) is 91.6 Å². The third-order valence-electron chi connectivity index (χ3n) is 6.04. The Morgan fingerprint density at radius 2 is 1.88 bits per heavy atom. The number of nitrogens with one attached hydrogen (secondary N) is 2. The fraction of sp³-hybridized carbons (Fsp3) is 0.333. The fourth-order valence-corrected chi connectivity index (χ4v) is 4.31. The molecule has 2 fully saturated rings. The minimum atomic E-state index is -4.39. The molecule has 0 bridgehead atoms. The number of rotatable bonds is 3. The molecule has 0 saturated carbocycles. The van der Waals surface area contributed by atoms with Crippen molar-refractivity contribution in [1.29, 1.82) is 0 Å². The predicted molar refractivity (Wildman–Crippen MR) is 108 cm³/mol. The van der Waals surface area contributed by atoms with Gasteiger partial charge in [-0.2, -0.15) is 27.2 Å². The van der Waals surface area contributed by atoms with E-state index in [9.17, 15) is 27.2 Å². The van der Waals surface area contributed by atoms with Crippen molar-refractivity contribution in [3.8, 4) is 0 Å². The molecule has 5 rings (SSSR count). The van der Waals surface area contributed by atoms with E-state index in [0.29, 0.717) is 25.2 Å². The number of imidazole rings is 1. The molecule has 2 aromatic heterocycles. The molecule has 33 heavy (non-hydrogen) atoms. The molecule has 3 aromatic rings. The highest BCUT2D eigenvalue weighted by molar-refractivity contribution is 6.00. The van der Waals surface area contributed by atoms with Crippen molar-refractivity contribution >= 4 is 23.3 Å². The maximum absolute atomic E-state index is 14.4. The van der Waals surface area contributed by atoms with Gasteiger partial charge in [0.05, 0.1) is 29.1 Å². The van der Waals surface area contributed by atoms with Gasteiger partial charge < -0.3 is 10.2 Å². The molecule has 2 unspecified atom stereocenters. The van der Waals surface area contributed by atoms with Gasteiger partial charge in [-0.05, 0) is 30.2 Å². The number of urea groups is 1. The Morgan fingerprint density at radius 3 is 2.58 bits per heavy atom. The summed E-state index contributed by atoms with van der Waals surface area (Å²) in [5.41, 5.74) is 1.17. The second-order valence-electron chi connectivity index (χ2n) is 8.07. The van der Waals surface area contributed by atoms with Crippen molar-refractivity contribution in [3.63, 3.8) is 0 Å². The monoisotopic (exact) mass is 462 g/mol. The summed E-state index contributed by atoms with van der Waals surface area (Å²) in [6.07, 6.45) is -2.69. The molecule has 2 saturated heterocycles. The lowest BCUT2D eigenvalue weighted by Gasteiger charge is -2.24. The number of amides is 3. The summed E-state index contributed by atoms with van der Waals surface area (Å²) < 4.78 is 54.0. The van der Waals surface area contributed by atoms with E-state index in [-0.39, 0.29) is 23.8 Å². The summed E-state index contributed by atoms with van der Waals surface area (Å²) in [6, 6.07) is 6.15. The first-order chi connectivity index (χ1) is 15.7. The standard InChI is InChI=1S/C21H18F4N6O2/c22-17-9-26-18-16(7-15(29-31(17)18)14-8-27-20(33)28-19(14)32)30-6-5-12(10-30)11-1-3-13(4-2-11)21(23,24)25/h1-4,7,9,12,14H,5-6,8,10H2,(H2,27,28,32,33). The van der Waals surface area contributed by atoms with E-state index in [1.165, 1.54) is 12.1 Å². The smallest absolute Gasteiger partial charge is 0.368 e. The Balaban J connectivity index is 1.45. The van der Waals surface area contributed by atoms with Crippen LogP contribution in [0.4, 0.5) is 28.0 Å². The number of carbonyl (C=O) groups excluding carboxylic acids is 2. The molecule has 3 amide bonds. The first-order valence-electron chi connectivity index (χ1n) is 10.3. The zero-order valence-electron chi connectivity index (χ0n) is 17.1. The second-order valence-corrected chi connectivity index (χ2v) is 8.07. The Hall–Kier alpha value is -3.70. The molecule has 2 atom stereocenters. The third-order valence-corrected chi connectivity index (χ3v) is 6.04. The molecule has 2 aliphatic rings. The number of aromatic nitrogens is 3. The third kappa shape index (κ3) is 3.85. The van der Waals surface area contributed by atoms with Gasteiger partial charge in [0.2, 0.25) is 11.9 Å². The number of carbonyl (C=O) groups is 2. The fourth-order valence-electron chi connectivity index (χ4n) is 4.31. The first-order valence-corrected chi connectivity index (χ1v) is 10.3. The number of alkyl halides is 3. The quantitative estimate of drug-likeness (QED) is 0.585. The lowest BCUT2D eigenvalue weighted by molar-refractivity contribution is -0.137. The number of anilines is 1. The summed E-state index contributed by atoms with van der Waals surface area (Å²) in [4.78, 5) is 29.8. The maximum Gasteiger partial charge on any atom is 0.416 e. The summed E-state index contributed by atoms with van der Waals surface area (Å²) >= 11 is 0. The lowest BCUT2D eigenvalue weighted by atomic mass is 9.97. The normalized spacial score (nSPS) is 21.4.